The number of amides is 1. The van der Waals surface area contributed by atoms with Gasteiger partial charge in [0, 0.05) is 35.1 Å². The summed E-state index contributed by atoms with van der Waals surface area (Å²) in [5, 5.41) is 4.72. The third-order valence-electron chi connectivity index (χ3n) is 5.86. The van der Waals surface area contributed by atoms with Gasteiger partial charge in [-0.25, -0.2) is 9.97 Å². The minimum Gasteiger partial charge on any atom is -0.484 e. The molecule has 168 valence electrons. The summed E-state index contributed by atoms with van der Waals surface area (Å²) in [6, 6.07) is 25.1. The second kappa shape index (κ2) is 9.19. The number of imidazole rings is 1. The smallest absolute Gasteiger partial charge is 0.256 e. The lowest BCUT2D eigenvalue weighted by Crippen LogP contribution is -2.14. The van der Waals surface area contributed by atoms with Crippen molar-refractivity contribution in [2.24, 2.45) is 7.05 Å². The normalized spacial score (nSPS) is 10.9. The number of anilines is 1. The standard InChI is InChI=1S/C28H24N4O2/c1-19-29-17-25(32(19)2)22-13-14-23-16-30-27(31-28(33)21-11-7-4-8-12-21)26(24(23)15-22)34-18-20-9-5-3-6-10-20/h3-17H,18H2,1-2H3,(H,30,31,33). The Labute approximate surface area is 197 Å². The second-order valence-corrected chi connectivity index (χ2v) is 8.08. The number of hydrogen-bond donors (Lipinski definition) is 1. The highest BCUT2D eigenvalue weighted by Crippen LogP contribution is 2.35. The highest BCUT2D eigenvalue weighted by atomic mass is 16.5. The summed E-state index contributed by atoms with van der Waals surface area (Å²) in [6.07, 6.45) is 3.61. The Morgan fingerprint density at radius 1 is 0.941 bits per heavy atom. The first-order valence-electron chi connectivity index (χ1n) is 11.0. The summed E-state index contributed by atoms with van der Waals surface area (Å²) in [5.74, 6) is 1.61. The molecule has 3 aromatic carbocycles. The number of aromatic nitrogens is 3. The van der Waals surface area contributed by atoms with Gasteiger partial charge in [-0.3, -0.25) is 4.79 Å². The summed E-state index contributed by atoms with van der Waals surface area (Å²) in [7, 11) is 1.99. The lowest BCUT2D eigenvalue weighted by Gasteiger charge is -2.15. The molecule has 0 spiro atoms. The Balaban J connectivity index is 1.59. The van der Waals surface area contributed by atoms with E-state index in [2.05, 4.69) is 21.4 Å². The molecule has 0 saturated carbocycles. The van der Waals surface area contributed by atoms with Gasteiger partial charge in [-0.1, -0.05) is 60.7 Å². The van der Waals surface area contributed by atoms with Gasteiger partial charge in [0.25, 0.3) is 5.91 Å². The molecule has 0 atom stereocenters. The van der Waals surface area contributed by atoms with Crippen LogP contribution in [0.25, 0.3) is 22.0 Å². The maximum atomic E-state index is 12.9. The van der Waals surface area contributed by atoms with Crippen molar-refractivity contribution in [1.29, 1.82) is 0 Å². The predicted molar refractivity (Wildman–Crippen MR) is 134 cm³/mol. The van der Waals surface area contributed by atoms with Gasteiger partial charge in [-0.2, -0.15) is 0 Å². The van der Waals surface area contributed by atoms with E-state index in [1.807, 2.05) is 85.4 Å². The molecular weight excluding hydrogens is 424 g/mol. The van der Waals surface area contributed by atoms with E-state index in [0.717, 1.165) is 33.4 Å². The monoisotopic (exact) mass is 448 g/mol. The van der Waals surface area contributed by atoms with Crippen molar-refractivity contribution in [1.82, 2.24) is 14.5 Å². The predicted octanol–water partition coefficient (Wildman–Crippen LogP) is 5.78. The van der Waals surface area contributed by atoms with Crippen LogP contribution in [0.2, 0.25) is 0 Å². The topological polar surface area (TPSA) is 69.0 Å². The van der Waals surface area contributed by atoms with Crippen molar-refractivity contribution < 1.29 is 9.53 Å². The number of rotatable bonds is 6. The molecule has 0 aliphatic rings. The number of nitrogens with one attached hydrogen (secondary N) is 1. The first-order chi connectivity index (χ1) is 16.6. The largest absolute Gasteiger partial charge is 0.484 e. The van der Waals surface area contributed by atoms with E-state index in [4.69, 9.17) is 4.74 Å². The van der Waals surface area contributed by atoms with Crippen LogP contribution in [0, 0.1) is 6.92 Å². The average Bonchev–Trinajstić information content (AvgIpc) is 3.22. The van der Waals surface area contributed by atoms with Crippen LogP contribution in [0.4, 0.5) is 5.82 Å². The summed E-state index contributed by atoms with van der Waals surface area (Å²) in [5.41, 5.74) is 3.59. The third-order valence-corrected chi connectivity index (χ3v) is 5.86. The molecule has 6 nitrogen and oxygen atoms in total. The number of pyridine rings is 1. The van der Waals surface area contributed by atoms with Gasteiger partial charge in [-0.15, -0.1) is 0 Å². The Bertz CT molecular complexity index is 1460. The maximum absolute atomic E-state index is 12.9. The van der Waals surface area contributed by atoms with Crippen molar-refractivity contribution in [2.45, 2.75) is 13.5 Å². The van der Waals surface area contributed by atoms with Gasteiger partial charge in [-0.05, 0) is 30.7 Å². The van der Waals surface area contributed by atoms with Crippen molar-refractivity contribution in [3.8, 4) is 17.0 Å². The van der Waals surface area contributed by atoms with Crippen LogP contribution in [0.15, 0.2) is 91.3 Å². The molecule has 34 heavy (non-hydrogen) atoms. The molecule has 1 N–H and O–H groups in total. The number of aryl methyl sites for hydroxylation is 1. The van der Waals surface area contributed by atoms with E-state index in [0.29, 0.717) is 23.7 Å². The van der Waals surface area contributed by atoms with E-state index in [-0.39, 0.29) is 5.91 Å². The Morgan fingerprint density at radius 3 is 2.38 bits per heavy atom. The van der Waals surface area contributed by atoms with Crippen LogP contribution in [-0.2, 0) is 13.7 Å². The van der Waals surface area contributed by atoms with E-state index in [1.165, 1.54) is 0 Å². The van der Waals surface area contributed by atoms with E-state index in [9.17, 15) is 4.79 Å². The molecule has 0 fully saturated rings. The fourth-order valence-corrected chi connectivity index (χ4v) is 3.85. The number of carbonyl (C=O) groups is 1. The zero-order chi connectivity index (χ0) is 23.5. The van der Waals surface area contributed by atoms with Crippen LogP contribution in [-0.4, -0.2) is 20.4 Å². The van der Waals surface area contributed by atoms with Crippen LogP contribution in [0.5, 0.6) is 5.75 Å². The molecular formula is C28H24N4O2. The van der Waals surface area contributed by atoms with Crippen LogP contribution >= 0.6 is 0 Å². The van der Waals surface area contributed by atoms with Gasteiger partial charge < -0.3 is 14.6 Å². The van der Waals surface area contributed by atoms with E-state index in [1.54, 1.807) is 18.3 Å². The Morgan fingerprint density at radius 2 is 1.68 bits per heavy atom. The summed E-state index contributed by atoms with van der Waals surface area (Å²) in [6.45, 7) is 2.32. The third kappa shape index (κ3) is 4.26. The number of ether oxygens (including phenoxy) is 1. The molecule has 6 heteroatoms. The molecule has 0 aliphatic heterocycles. The second-order valence-electron chi connectivity index (χ2n) is 8.08. The highest BCUT2D eigenvalue weighted by molar-refractivity contribution is 6.06. The molecule has 1 amide bonds. The number of benzene rings is 3. The summed E-state index contributed by atoms with van der Waals surface area (Å²) >= 11 is 0. The van der Waals surface area contributed by atoms with Gasteiger partial charge in [0.1, 0.15) is 12.4 Å². The molecule has 2 aromatic heterocycles. The molecule has 0 unspecified atom stereocenters. The fraction of sp³-hybridized carbons (Fsp3) is 0.107. The summed E-state index contributed by atoms with van der Waals surface area (Å²) in [4.78, 5) is 21.9. The SMILES string of the molecule is Cc1ncc(-c2ccc3cnc(NC(=O)c4ccccc4)c(OCc4ccccc4)c3c2)n1C. The maximum Gasteiger partial charge on any atom is 0.256 e. The molecule has 0 saturated heterocycles. The Hall–Kier alpha value is -4.45. The number of fused-ring (bicyclic) bond motifs is 1. The van der Waals surface area contributed by atoms with Gasteiger partial charge >= 0.3 is 0 Å². The van der Waals surface area contributed by atoms with Gasteiger partial charge in [0.2, 0.25) is 0 Å². The van der Waals surface area contributed by atoms with Gasteiger partial charge in [0.05, 0.1) is 11.9 Å². The zero-order valence-electron chi connectivity index (χ0n) is 19.0. The van der Waals surface area contributed by atoms with Crippen LogP contribution in [0.1, 0.15) is 21.7 Å². The average molecular weight is 449 g/mol. The molecule has 5 aromatic rings. The number of carbonyl (C=O) groups excluding carboxylic acids is 1. The molecule has 5 rings (SSSR count). The molecule has 0 bridgehead atoms. The minimum absolute atomic E-state index is 0.240. The van der Waals surface area contributed by atoms with Crippen molar-refractivity contribution >= 4 is 22.5 Å². The zero-order valence-corrected chi connectivity index (χ0v) is 19.0. The molecule has 0 aliphatic carbocycles. The molecule has 2 heterocycles. The lowest BCUT2D eigenvalue weighted by atomic mass is 10.1. The quantitative estimate of drug-likeness (QED) is 0.358. The lowest BCUT2D eigenvalue weighted by molar-refractivity contribution is 0.102. The van der Waals surface area contributed by atoms with Crippen molar-refractivity contribution in [3.63, 3.8) is 0 Å². The summed E-state index contributed by atoms with van der Waals surface area (Å²) < 4.78 is 8.35. The molecule has 0 radical (unpaired) electrons. The van der Waals surface area contributed by atoms with E-state index >= 15 is 0 Å². The van der Waals surface area contributed by atoms with E-state index < -0.39 is 0 Å². The number of nitrogens with zero attached hydrogens (tertiary/aromatic N) is 3. The first-order valence-corrected chi connectivity index (χ1v) is 11.0. The van der Waals surface area contributed by atoms with Crippen molar-refractivity contribution in [2.75, 3.05) is 5.32 Å². The highest BCUT2D eigenvalue weighted by Gasteiger charge is 2.17. The van der Waals surface area contributed by atoms with Crippen LogP contribution < -0.4 is 10.1 Å². The fourth-order valence-electron chi connectivity index (χ4n) is 3.85. The number of hydrogen-bond acceptors (Lipinski definition) is 4. The van der Waals surface area contributed by atoms with Crippen LogP contribution in [0.3, 0.4) is 0 Å². The van der Waals surface area contributed by atoms with Crippen molar-refractivity contribution in [3.05, 3.63) is 108 Å². The first kappa shape index (κ1) is 21.4. The van der Waals surface area contributed by atoms with Gasteiger partial charge in [0.15, 0.2) is 11.6 Å². The minimum atomic E-state index is -0.240. The Kier molecular flexibility index (Phi) is 5.79.